The van der Waals surface area contributed by atoms with E-state index in [4.69, 9.17) is 4.74 Å². The van der Waals surface area contributed by atoms with Gasteiger partial charge in [-0.3, -0.25) is 4.79 Å². The minimum absolute atomic E-state index is 0.0434. The van der Waals surface area contributed by atoms with Gasteiger partial charge in [0.05, 0.1) is 11.9 Å². The summed E-state index contributed by atoms with van der Waals surface area (Å²) in [4.78, 5) is 12.1. The lowest BCUT2D eigenvalue weighted by atomic mass is 10.2. The van der Waals surface area contributed by atoms with Crippen LogP contribution in [0.25, 0.3) is 5.69 Å². The van der Waals surface area contributed by atoms with Gasteiger partial charge in [-0.15, -0.1) is 0 Å². The van der Waals surface area contributed by atoms with Crippen LogP contribution in [0.2, 0.25) is 0 Å². The van der Waals surface area contributed by atoms with E-state index in [9.17, 15) is 4.79 Å². The molecule has 150 valence electrons. The van der Waals surface area contributed by atoms with Crippen molar-refractivity contribution in [1.82, 2.24) is 15.1 Å². The van der Waals surface area contributed by atoms with Crippen molar-refractivity contribution in [2.24, 2.45) is 0 Å². The monoisotopic (exact) mass is 398 g/mol. The van der Waals surface area contributed by atoms with Gasteiger partial charge in [0.15, 0.2) is 6.61 Å². The third kappa shape index (κ3) is 5.26. The second-order valence-corrected chi connectivity index (χ2v) is 6.71. The molecule has 0 aliphatic rings. The fourth-order valence-electron chi connectivity index (χ4n) is 2.90. The number of nitrogens with zero attached hydrogens (tertiary/aromatic N) is 2. The van der Waals surface area contributed by atoms with Gasteiger partial charge in [0, 0.05) is 29.7 Å². The van der Waals surface area contributed by atoms with Gasteiger partial charge in [-0.25, -0.2) is 4.68 Å². The molecule has 0 aliphatic heterocycles. The first-order chi connectivity index (χ1) is 14.8. The summed E-state index contributed by atoms with van der Waals surface area (Å²) in [7, 11) is 0. The number of anilines is 2. The lowest BCUT2D eigenvalue weighted by Crippen LogP contribution is -2.28. The number of carbonyl (C=O) groups excluding carboxylic acids is 1. The molecule has 0 unspecified atom stereocenters. The molecular weight excluding hydrogens is 376 g/mol. The summed E-state index contributed by atoms with van der Waals surface area (Å²) in [5.74, 6) is 0.453. The quantitative estimate of drug-likeness (QED) is 0.464. The van der Waals surface area contributed by atoms with Crippen molar-refractivity contribution in [3.05, 3.63) is 103 Å². The number of carbonyl (C=O) groups is 1. The average molecular weight is 398 g/mol. The standard InChI is InChI=1S/C24H22N4O2/c29-24(25-15-19-16-26-28(17-19)22-9-5-2-6-10-22)18-30-23-13-11-21(12-14-23)27-20-7-3-1-4-8-20/h1-14,16-17,27H,15,18H2,(H,25,29). The summed E-state index contributed by atoms with van der Waals surface area (Å²) in [6.07, 6.45) is 3.64. The Morgan fingerprint density at radius 3 is 2.27 bits per heavy atom. The Kier molecular flexibility index (Phi) is 6.05. The molecule has 0 spiro atoms. The number of rotatable bonds is 8. The maximum atomic E-state index is 12.1. The first-order valence-electron chi connectivity index (χ1n) is 9.67. The molecule has 0 saturated carbocycles. The molecule has 0 radical (unpaired) electrons. The summed E-state index contributed by atoms with van der Waals surface area (Å²) in [5, 5.41) is 10.5. The van der Waals surface area contributed by atoms with Crippen LogP contribution in [0, 0.1) is 0 Å². The molecule has 2 N–H and O–H groups in total. The third-order valence-corrected chi connectivity index (χ3v) is 4.43. The fraction of sp³-hybridized carbons (Fsp3) is 0.0833. The third-order valence-electron chi connectivity index (χ3n) is 4.43. The van der Waals surface area contributed by atoms with E-state index in [1.807, 2.05) is 91.1 Å². The molecule has 4 rings (SSSR count). The highest BCUT2D eigenvalue weighted by Crippen LogP contribution is 2.19. The van der Waals surface area contributed by atoms with Crippen LogP contribution >= 0.6 is 0 Å². The molecule has 1 amide bonds. The predicted molar refractivity (Wildman–Crippen MR) is 117 cm³/mol. The zero-order valence-corrected chi connectivity index (χ0v) is 16.4. The molecule has 1 aromatic heterocycles. The Morgan fingerprint density at radius 2 is 1.53 bits per heavy atom. The van der Waals surface area contributed by atoms with Crippen molar-refractivity contribution in [3.8, 4) is 11.4 Å². The number of hydrogen-bond acceptors (Lipinski definition) is 4. The van der Waals surface area contributed by atoms with Gasteiger partial charge in [0.25, 0.3) is 5.91 Å². The lowest BCUT2D eigenvalue weighted by molar-refractivity contribution is -0.123. The number of nitrogens with one attached hydrogen (secondary N) is 2. The maximum Gasteiger partial charge on any atom is 0.258 e. The summed E-state index contributed by atoms with van der Waals surface area (Å²) >= 11 is 0. The molecule has 0 bridgehead atoms. The van der Waals surface area contributed by atoms with E-state index < -0.39 is 0 Å². The van der Waals surface area contributed by atoms with Gasteiger partial charge in [0.1, 0.15) is 5.75 Å². The molecule has 0 fully saturated rings. The number of amides is 1. The molecule has 6 heteroatoms. The number of benzene rings is 3. The Hall–Kier alpha value is -4.06. The predicted octanol–water partition coefficient (Wildman–Crippen LogP) is 4.31. The van der Waals surface area contributed by atoms with Crippen molar-refractivity contribution in [1.29, 1.82) is 0 Å². The first-order valence-corrected chi connectivity index (χ1v) is 9.67. The summed E-state index contributed by atoms with van der Waals surface area (Å²) in [6, 6.07) is 27.3. The largest absolute Gasteiger partial charge is 0.484 e. The van der Waals surface area contributed by atoms with Gasteiger partial charge in [-0.05, 0) is 48.5 Å². The topological polar surface area (TPSA) is 68.2 Å². The van der Waals surface area contributed by atoms with Gasteiger partial charge in [-0.1, -0.05) is 36.4 Å². The number of ether oxygens (including phenoxy) is 1. The van der Waals surface area contributed by atoms with Gasteiger partial charge in [0.2, 0.25) is 0 Å². The van der Waals surface area contributed by atoms with Crippen LogP contribution in [0.15, 0.2) is 97.3 Å². The second kappa shape index (κ2) is 9.43. The minimum Gasteiger partial charge on any atom is -0.484 e. The van der Waals surface area contributed by atoms with Crippen molar-refractivity contribution in [2.75, 3.05) is 11.9 Å². The van der Waals surface area contributed by atoms with Crippen molar-refractivity contribution < 1.29 is 9.53 Å². The minimum atomic E-state index is -0.186. The molecule has 3 aromatic carbocycles. The number of hydrogen-bond donors (Lipinski definition) is 2. The van der Waals surface area contributed by atoms with E-state index in [1.54, 1.807) is 10.9 Å². The normalized spacial score (nSPS) is 10.4. The first kappa shape index (κ1) is 19.3. The van der Waals surface area contributed by atoms with Gasteiger partial charge < -0.3 is 15.4 Å². The van der Waals surface area contributed by atoms with Crippen molar-refractivity contribution >= 4 is 17.3 Å². The number of para-hydroxylation sites is 2. The molecule has 6 nitrogen and oxygen atoms in total. The molecule has 0 aliphatic carbocycles. The molecular formula is C24H22N4O2. The Balaban J connectivity index is 1.23. The Labute approximate surface area is 175 Å². The van der Waals surface area contributed by atoms with Crippen LogP contribution in [0.4, 0.5) is 11.4 Å². The number of aromatic nitrogens is 2. The summed E-state index contributed by atoms with van der Waals surface area (Å²) < 4.78 is 7.36. The molecule has 1 heterocycles. The molecule has 0 atom stereocenters. The summed E-state index contributed by atoms with van der Waals surface area (Å²) in [5.41, 5.74) is 3.86. The molecule has 4 aromatic rings. The highest BCUT2D eigenvalue weighted by atomic mass is 16.5. The second-order valence-electron chi connectivity index (χ2n) is 6.71. The summed E-state index contributed by atoms with van der Waals surface area (Å²) in [6.45, 7) is 0.354. The van der Waals surface area contributed by atoms with E-state index in [0.717, 1.165) is 22.6 Å². The van der Waals surface area contributed by atoms with Gasteiger partial charge >= 0.3 is 0 Å². The van der Waals surface area contributed by atoms with E-state index in [-0.39, 0.29) is 12.5 Å². The zero-order valence-electron chi connectivity index (χ0n) is 16.4. The van der Waals surface area contributed by atoms with Crippen LogP contribution in [0.3, 0.4) is 0 Å². The highest BCUT2D eigenvalue weighted by molar-refractivity contribution is 5.77. The van der Waals surface area contributed by atoms with E-state index in [1.165, 1.54) is 0 Å². The smallest absolute Gasteiger partial charge is 0.258 e. The van der Waals surface area contributed by atoms with Gasteiger partial charge in [-0.2, -0.15) is 5.10 Å². The Morgan fingerprint density at radius 1 is 0.867 bits per heavy atom. The maximum absolute atomic E-state index is 12.1. The zero-order chi connectivity index (χ0) is 20.6. The van der Waals surface area contributed by atoms with Crippen molar-refractivity contribution in [2.45, 2.75) is 6.54 Å². The van der Waals surface area contributed by atoms with E-state index in [0.29, 0.717) is 12.3 Å². The van der Waals surface area contributed by atoms with Crippen LogP contribution in [-0.2, 0) is 11.3 Å². The highest BCUT2D eigenvalue weighted by Gasteiger charge is 2.05. The van der Waals surface area contributed by atoms with Crippen LogP contribution in [0.5, 0.6) is 5.75 Å². The molecule has 30 heavy (non-hydrogen) atoms. The Bertz CT molecular complexity index is 1080. The van der Waals surface area contributed by atoms with Crippen LogP contribution in [0.1, 0.15) is 5.56 Å². The van der Waals surface area contributed by atoms with Crippen LogP contribution in [-0.4, -0.2) is 22.3 Å². The van der Waals surface area contributed by atoms with E-state index in [2.05, 4.69) is 15.7 Å². The fourth-order valence-corrected chi connectivity index (χ4v) is 2.90. The van der Waals surface area contributed by atoms with E-state index >= 15 is 0 Å². The molecule has 0 saturated heterocycles. The SMILES string of the molecule is O=C(COc1ccc(Nc2ccccc2)cc1)NCc1cnn(-c2ccccc2)c1. The average Bonchev–Trinajstić information content (AvgIpc) is 3.28. The van der Waals surface area contributed by atoms with Crippen molar-refractivity contribution in [3.63, 3.8) is 0 Å². The lowest BCUT2D eigenvalue weighted by Gasteiger charge is -2.09. The van der Waals surface area contributed by atoms with Crippen LogP contribution < -0.4 is 15.4 Å².